The predicted octanol–water partition coefficient (Wildman–Crippen LogP) is 3.21. The number of rotatable bonds is 9. The van der Waals surface area contributed by atoms with Crippen molar-refractivity contribution in [2.45, 2.75) is 26.4 Å². The van der Waals surface area contributed by atoms with Gasteiger partial charge in [0, 0.05) is 18.9 Å². The van der Waals surface area contributed by atoms with Crippen molar-refractivity contribution < 1.29 is 4.74 Å². The Bertz CT molecular complexity index is 610. The van der Waals surface area contributed by atoms with Gasteiger partial charge < -0.3 is 14.6 Å². The van der Waals surface area contributed by atoms with Crippen LogP contribution in [0.25, 0.3) is 12.3 Å². The highest BCUT2D eigenvalue weighted by atomic mass is 16.5. The van der Waals surface area contributed by atoms with Crippen molar-refractivity contribution in [3.8, 4) is 5.75 Å². The lowest BCUT2D eigenvalue weighted by atomic mass is 10.3. The molecule has 0 bridgehead atoms. The van der Waals surface area contributed by atoms with Gasteiger partial charge in [0.1, 0.15) is 18.8 Å². The smallest absolute Gasteiger partial charge is 0.180 e. The Labute approximate surface area is 130 Å². The first-order chi connectivity index (χ1) is 10.8. The van der Waals surface area contributed by atoms with E-state index in [4.69, 9.17) is 4.74 Å². The van der Waals surface area contributed by atoms with Gasteiger partial charge in [-0.3, -0.25) is 0 Å². The van der Waals surface area contributed by atoms with Gasteiger partial charge in [0.2, 0.25) is 0 Å². The molecular weight excluding hydrogens is 278 g/mol. The summed E-state index contributed by atoms with van der Waals surface area (Å²) in [6.45, 7) is 10.8. The third-order valence-corrected chi connectivity index (χ3v) is 3.07. The van der Waals surface area contributed by atoms with E-state index >= 15 is 0 Å². The third-order valence-electron chi connectivity index (χ3n) is 3.07. The van der Waals surface area contributed by atoms with Crippen LogP contribution in [0.1, 0.15) is 31.3 Å². The Kier molecular flexibility index (Phi) is 5.71. The van der Waals surface area contributed by atoms with Crippen LogP contribution < -0.4 is 10.1 Å². The topological polar surface area (TPSA) is 64.9 Å². The van der Waals surface area contributed by atoms with Gasteiger partial charge in [0.25, 0.3) is 0 Å². The average molecular weight is 299 g/mol. The van der Waals surface area contributed by atoms with Crippen LogP contribution in [0.3, 0.4) is 0 Å². The van der Waals surface area contributed by atoms with Gasteiger partial charge in [-0.15, -0.1) is 0 Å². The van der Waals surface area contributed by atoms with E-state index in [-0.39, 0.29) is 0 Å². The number of imidazole rings is 1. The number of nitrogens with one attached hydrogen (secondary N) is 1. The van der Waals surface area contributed by atoms with Gasteiger partial charge in [0.05, 0.1) is 11.9 Å². The van der Waals surface area contributed by atoms with Crippen LogP contribution in [0.15, 0.2) is 31.9 Å². The van der Waals surface area contributed by atoms with E-state index in [1.54, 1.807) is 23.0 Å². The molecule has 6 heteroatoms. The van der Waals surface area contributed by atoms with Crippen molar-refractivity contribution in [1.82, 2.24) is 19.5 Å². The van der Waals surface area contributed by atoms with Crippen molar-refractivity contribution in [1.29, 1.82) is 0 Å². The molecular formula is C16H21N5O. The maximum atomic E-state index is 5.78. The summed E-state index contributed by atoms with van der Waals surface area (Å²) in [6, 6.07) is 0. The summed E-state index contributed by atoms with van der Waals surface area (Å²) in [6.07, 6.45) is 10.6. The first-order valence-electron chi connectivity index (χ1n) is 7.27. The number of unbranched alkanes of at least 4 members (excludes halogenated alkanes) is 1. The van der Waals surface area contributed by atoms with Gasteiger partial charge in [-0.2, -0.15) is 0 Å². The van der Waals surface area contributed by atoms with Crippen molar-refractivity contribution in [3.63, 3.8) is 0 Å². The fraction of sp³-hybridized carbons (Fsp3) is 0.312. The van der Waals surface area contributed by atoms with Crippen LogP contribution in [0.2, 0.25) is 0 Å². The van der Waals surface area contributed by atoms with Crippen molar-refractivity contribution >= 4 is 18.1 Å². The molecule has 2 heterocycles. The zero-order chi connectivity index (χ0) is 15.8. The molecule has 0 unspecified atom stereocenters. The first kappa shape index (κ1) is 15.8. The fourth-order valence-electron chi connectivity index (χ4n) is 1.92. The summed E-state index contributed by atoms with van der Waals surface area (Å²) in [7, 11) is 0. The lowest BCUT2D eigenvalue weighted by Crippen LogP contribution is -2.06. The predicted molar refractivity (Wildman–Crippen MR) is 88.5 cm³/mol. The van der Waals surface area contributed by atoms with E-state index in [1.165, 1.54) is 6.33 Å². The molecule has 2 aromatic rings. The van der Waals surface area contributed by atoms with Gasteiger partial charge >= 0.3 is 0 Å². The molecule has 116 valence electrons. The monoisotopic (exact) mass is 299 g/mol. The van der Waals surface area contributed by atoms with Crippen molar-refractivity contribution in [2.75, 3.05) is 11.9 Å². The third kappa shape index (κ3) is 3.94. The molecule has 0 aliphatic carbocycles. The lowest BCUT2D eigenvalue weighted by molar-refractivity contribution is 0.301. The zero-order valence-electron chi connectivity index (χ0n) is 12.8. The van der Waals surface area contributed by atoms with E-state index < -0.39 is 0 Å². The van der Waals surface area contributed by atoms with Gasteiger partial charge in [-0.05, 0) is 12.5 Å². The molecule has 0 atom stereocenters. The minimum atomic E-state index is 0.331. The molecule has 0 aliphatic rings. The molecule has 0 amide bonds. The van der Waals surface area contributed by atoms with Gasteiger partial charge in [-0.25, -0.2) is 15.0 Å². The molecule has 1 N–H and O–H groups in total. The summed E-state index contributed by atoms with van der Waals surface area (Å²) in [4.78, 5) is 12.6. The second kappa shape index (κ2) is 7.97. The Morgan fingerprint density at radius 1 is 1.41 bits per heavy atom. The van der Waals surface area contributed by atoms with Crippen LogP contribution in [0.4, 0.5) is 5.82 Å². The Balaban J connectivity index is 2.03. The molecule has 0 saturated carbocycles. The Hall–Kier alpha value is -2.63. The molecule has 0 radical (unpaired) electrons. The highest BCUT2D eigenvalue weighted by Crippen LogP contribution is 2.21. The molecule has 0 aliphatic heterocycles. The maximum Gasteiger partial charge on any atom is 0.180 e. The van der Waals surface area contributed by atoms with Crippen LogP contribution in [-0.4, -0.2) is 26.1 Å². The molecule has 0 aromatic carbocycles. The second-order valence-electron chi connectivity index (χ2n) is 4.69. The molecule has 0 fully saturated rings. The molecule has 6 nitrogen and oxygen atoms in total. The number of aromatic nitrogens is 4. The fourth-order valence-corrected chi connectivity index (χ4v) is 1.92. The minimum Gasteiger partial charge on any atom is -0.482 e. The zero-order valence-corrected chi connectivity index (χ0v) is 12.8. The van der Waals surface area contributed by atoms with Crippen LogP contribution in [0.5, 0.6) is 5.75 Å². The minimum absolute atomic E-state index is 0.331. The van der Waals surface area contributed by atoms with Crippen LogP contribution >= 0.6 is 0 Å². The summed E-state index contributed by atoms with van der Waals surface area (Å²) in [5, 5.41) is 3.26. The van der Waals surface area contributed by atoms with Gasteiger partial charge in [0.15, 0.2) is 11.6 Å². The van der Waals surface area contributed by atoms with Gasteiger partial charge in [-0.1, -0.05) is 26.5 Å². The number of hydrogen-bond donors (Lipinski definition) is 1. The SMILES string of the molecule is C=Cc1nc(COc2cncnc2NCCCC)cn1C=C. The average Bonchev–Trinajstić information content (AvgIpc) is 2.96. The normalized spacial score (nSPS) is 10.2. The van der Waals surface area contributed by atoms with Crippen LogP contribution in [0, 0.1) is 0 Å². The van der Waals surface area contributed by atoms with E-state index in [1.807, 2.05) is 6.20 Å². The number of ether oxygens (including phenoxy) is 1. The summed E-state index contributed by atoms with van der Waals surface area (Å²) in [5.41, 5.74) is 0.790. The Morgan fingerprint density at radius 3 is 2.95 bits per heavy atom. The quantitative estimate of drug-likeness (QED) is 0.720. The number of hydrogen-bond acceptors (Lipinski definition) is 5. The molecule has 2 rings (SSSR count). The first-order valence-corrected chi connectivity index (χ1v) is 7.27. The number of anilines is 1. The number of nitrogens with zero attached hydrogens (tertiary/aromatic N) is 4. The van der Waals surface area contributed by atoms with E-state index in [0.29, 0.717) is 18.2 Å². The molecule has 22 heavy (non-hydrogen) atoms. The highest BCUT2D eigenvalue weighted by molar-refractivity contribution is 5.48. The molecule has 0 saturated heterocycles. The maximum absolute atomic E-state index is 5.78. The van der Waals surface area contributed by atoms with E-state index in [9.17, 15) is 0 Å². The van der Waals surface area contributed by atoms with E-state index in [0.717, 1.165) is 30.9 Å². The lowest BCUT2D eigenvalue weighted by Gasteiger charge is -2.10. The Morgan fingerprint density at radius 2 is 2.27 bits per heavy atom. The summed E-state index contributed by atoms with van der Waals surface area (Å²) >= 11 is 0. The van der Waals surface area contributed by atoms with Crippen molar-refractivity contribution in [2.24, 2.45) is 0 Å². The standard InChI is InChI=1S/C16H21N5O/c1-4-7-8-18-16-14(9-17-12-19-16)22-11-13-10-21(6-3)15(5-2)20-13/h5-6,9-10,12H,2-4,7-8,11H2,1H3,(H,17,18,19). The summed E-state index contributed by atoms with van der Waals surface area (Å²) in [5.74, 6) is 2.06. The van der Waals surface area contributed by atoms with Crippen molar-refractivity contribution in [3.05, 3.63) is 43.4 Å². The molecule has 2 aromatic heterocycles. The van der Waals surface area contributed by atoms with E-state index in [2.05, 4.69) is 40.4 Å². The second-order valence-corrected chi connectivity index (χ2v) is 4.69. The van der Waals surface area contributed by atoms with Crippen LogP contribution in [-0.2, 0) is 6.61 Å². The molecule has 0 spiro atoms. The largest absolute Gasteiger partial charge is 0.482 e. The highest BCUT2D eigenvalue weighted by Gasteiger charge is 2.08. The summed E-state index contributed by atoms with van der Waals surface area (Å²) < 4.78 is 7.58.